The number of thiazole rings is 1. The summed E-state index contributed by atoms with van der Waals surface area (Å²) in [5.74, 6) is 1.12. The van der Waals surface area contributed by atoms with Gasteiger partial charge in [0.15, 0.2) is 5.13 Å². The van der Waals surface area contributed by atoms with Crippen LogP contribution >= 0.6 is 11.3 Å². The van der Waals surface area contributed by atoms with Gasteiger partial charge in [0.1, 0.15) is 17.0 Å². The van der Waals surface area contributed by atoms with Gasteiger partial charge in [0.25, 0.3) is 0 Å². The number of carbonyl (C=O) groups is 2. The van der Waals surface area contributed by atoms with E-state index in [9.17, 15) is 9.59 Å². The second kappa shape index (κ2) is 11.4. The minimum Gasteiger partial charge on any atom is -0.444 e. The van der Waals surface area contributed by atoms with Gasteiger partial charge in [-0.15, -0.1) is 11.3 Å². The van der Waals surface area contributed by atoms with Crippen LogP contribution in [-0.4, -0.2) is 62.5 Å². The number of likely N-dealkylation sites (tertiary alicyclic amines) is 2. The molecule has 37 heavy (non-hydrogen) atoms. The third-order valence-corrected chi connectivity index (χ3v) is 8.22. The Bertz CT molecular complexity index is 1090. The molecule has 1 atom stereocenters. The molecule has 1 unspecified atom stereocenters. The summed E-state index contributed by atoms with van der Waals surface area (Å²) in [5, 5.41) is 4.23. The first kappa shape index (κ1) is 27.4. The molecule has 2 aliphatic heterocycles. The lowest BCUT2D eigenvalue weighted by Gasteiger charge is -2.41. The summed E-state index contributed by atoms with van der Waals surface area (Å²) in [6, 6.07) is 6.08. The molecule has 2 aromatic rings. The number of unbranched alkanes of at least 4 members (excludes halogenated alkanes) is 1. The monoisotopic (exact) mass is 527 g/mol. The number of amides is 2. The van der Waals surface area contributed by atoms with E-state index in [4.69, 9.17) is 9.72 Å². The second-order valence-corrected chi connectivity index (χ2v) is 12.5. The fourth-order valence-electron chi connectivity index (χ4n) is 5.20. The molecule has 2 saturated heterocycles. The van der Waals surface area contributed by atoms with Crippen molar-refractivity contribution >= 4 is 34.3 Å². The highest BCUT2D eigenvalue weighted by atomic mass is 32.1. The van der Waals surface area contributed by atoms with Crippen LogP contribution in [0.3, 0.4) is 0 Å². The number of aryl methyl sites for hydroxylation is 1. The van der Waals surface area contributed by atoms with E-state index in [1.165, 1.54) is 17.7 Å². The molecule has 0 saturated carbocycles. The number of anilines is 2. The highest BCUT2D eigenvalue weighted by molar-refractivity contribution is 7.15. The van der Waals surface area contributed by atoms with Gasteiger partial charge >= 0.3 is 6.09 Å². The molecule has 8 nitrogen and oxygen atoms in total. The number of carbonyl (C=O) groups excluding carboxylic acids is 2. The number of piperidine rings is 1. The van der Waals surface area contributed by atoms with Gasteiger partial charge in [-0.2, -0.15) is 0 Å². The summed E-state index contributed by atoms with van der Waals surface area (Å²) in [6.07, 6.45) is 8.14. The molecule has 0 aliphatic carbocycles. The van der Waals surface area contributed by atoms with Crippen molar-refractivity contribution in [1.29, 1.82) is 0 Å². The summed E-state index contributed by atoms with van der Waals surface area (Å²) in [4.78, 5) is 40.7. The first-order chi connectivity index (χ1) is 17.6. The fourth-order valence-corrected chi connectivity index (χ4v) is 6.07. The standard InChI is InChI=1S/C28H41N5O3S/c1-6-7-10-21-19-29-25(37-21)31-23-12-8-11-22(30-23)20-13-17-32(18-14-20)24(34)28(5)15-9-16-33(28)26(35)36-27(2,3)4/h8,11-12,19-20H,6-7,9-10,13-18H2,1-5H3,(H,29,30,31). The zero-order valence-electron chi connectivity index (χ0n) is 22.9. The first-order valence-corrected chi connectivity index (χ1v) is 14.4. The highest BCUT2D eigenvalue weighted by Gasteiger charge is 2.49. The Hall–Kier alpha value is -2.68. The number of nitrogens with zero attached hydrogens (tertiary/aromatic N) is 4. The highest BCUT2D eigenvalue weighted by Crippen LogP contribution is 2.35. The maximum atomic E-state index is 13.6. The Morgan fingerprint density at radius 3 is 2.68 bits per heavy atom. The van der Waals surface area contributed by atoms with Crippen molar-refractivity contribution in [3.63, 3.8) is 0 Å². The molecular weight excluding hydrogens is 486 g/mol. The lowest BCUT2D eigenvalue weighted by atomic mass is 9.90. The maximum Gasteiger partial charge on any atom is 0.411 e. The van der Waals surface area contributed by atoms with Gasteiger partial charge in [-0.05, 0) is 78.4 Å². The molecule has 0 spiro atoms. The summed E-state index contributed by atoms with van der Waals surface area (Å²) >= 11 is 1.69. The van der Waals surface area contributed by atoms with Gasteiger partial charge in [0.05, 0.1) is 0 Å². The van der Waals surface area contributed by atoms with Crippen LogP contribution in [0.1, 0.15) is 89.6 Å². The maximum absolute atomic E-state index is 13.6. The Morgan fingerprint density at radius 2 is 1.97 bits per heavy atom. The molecule has 2 aliphatic rings. The Labute approximate surface area is 224 Å². The SMILES string of the molecule is CCCCc1cnc(Nc2cccc(C3CCN(C(=O)C4(C)CCCN4C(=O)OC(C)(C)C)CC3)n2)s1. The second-order valence-electron chi connectivity index (χ2n) is 11.4. The molecule has 0 radical (unpaired) electrons. The van der Waals surface area contributed by atoms with Crippen LogP contribution in [0.25, 0.3) is 0 Å². The minimum absolute atomic E-state index is 0.0281. The summed E-state index contributed by atoms with van der Waals surface area (Å²) in [6.45, 7) is 11.5. The van der Waals surface area contributed by atoms with Crippen molar-refractivity contribution in [2.45, 2.75) is 96.6 Å². The van der Waals surface area contributed by atoms with Crippen molar-refractivity contribution in [3.05, 3.63) is 35.0 Å². The predicted molar refractivity (Wildman–Crippen MR) is 147 cm³/mol. The third-order valence-electron chi connectivity index (χ3n) is 7.25. The number of aromatic nitrogens is 2. The van der Waals surface area contributed by atoms with Crippen molar-refractivity contribution < 1.29 is 14.3 Å². The van der Waals surface area contributed by atoms with E-state index in [2.05, 4.69) is 23.3 Å². The smallest absolute Gasteiger partial charge is 0.411 e. The molecule has 0 aromatic carbocycles. The van der Waals surface area contributed by atoms with E-state index in [1.54, 1.807) is 16.2 Å². The topological polar surface area (TPSA) is 87.7 Å². The number of nitrogens with one attached hydrogen (secondary N) is 1. The summed E-state index contributed by atoms with van der Waals surface area (Å²) in [7, 11) is 0. The number of hydrogen-bond acceptors (Lipinski definition) is 7. The summed E-state index contributed by atoms with van der Waals surface area (Å²) in [5.41, 5.74) is -0.390. The number of rotatable bonds is 7. The largest absolute Gasteiger partial charge is 0.444 e. The molecule has 202 valence electrons. The fraction of sp³-hybridized carbons (Fsp3) is 0.643. The zero-order chi connectivity index (χ0) is 26.6. The average molecular weight is 528 g/mol. The zero-order valence-corrected chi connectivity index (χ0v) is 23.7. The van der Waals surface area contributed by atoms with Gasteiger partial charge in [-0.1, -0.05) is 19.4 Å². The van der Waals surface area contributed by atoms with Crippen molar-refractivity contribution in [2.24, 2.45) is 0 Å². The average Bonchev–Trinajstić information content (AvgIpc) is 3.48. The van der Waals surface area contributed by atoms with Crippen LogP contribution in [0.4, 0.5) is 15.7 Å². The van der Waals surface area contributed by atoms with Gasteiger partial charge < -0.3 is 15.0 Å². The molecule has 4 rings (SSSR count). The molecule has 4 heterocycles. The van der Waals surface area contributed by atoms with Gasteiger partial charge in [-0.25, -0.2) is 14.8 Å². The number of hydrogen-bond donors (Lipinski definition) is 1. The molecule has 9 heteroatoms. The molecule has 0 bridgehead atoms. The van der Waals surface area contributed by atoms with E-state index in [-0.39, 0.29) is 5.91 Å². The van der Waals surface area contributed by atoms with E-state index >= 15 is 0 Å². The third kappa shape index (κ3) is 6.61. The molecule has 2 fully saturated rings. The van der Waals surface area contributed by atoms with E-state index in [1.807, 2.05) is 50.9 Å². The minimum atomic E-state index is -0.846. The van der Waals surface area contributed by atoms with Crippen LogP contribution in [0.2, 0.25) is 0 Å². The summed E-state index contributed by atoms with van der Waals surface area (Å²) < 4.78 is 5.60. The van der Waals surface area contributed by atoms with Gasteiger partial charge in [-0.3, -0.25) is 9.69 Å². The predicted octanol–water partition coefficient (Wildman–Crippen LogP) is 6.12. The van der Waals surface area contributed by atoms with Crippen LogP contribution in [0, 0.1) is 0 Å². The Morgan fingerprint density at radius 1 is 1.22 bits per heavy atom. The van der Waals surface area contributed by atoms with Crippen LogP contribution < -0.4 is 5.32 Å². The lowest BCUT2D eigenvalue weighted by Crippen LogP contribution is -2.58. The van der Waals surface area contributed by atoms with Crippen LogP contribution in [-0.2, 0) is 16.0 Å². The Kier molecular flexibility index (Phi) is 8.41. The first-order valence-electron chi connectivity index (χ1n) is 13.6. The Balaban J connectivity index is 1.35. The normalized spacial score (nSPS) is 20.8. The van der Waals surface area contributed by atoms with E-state index in [0.717, 1.165) is 42.3 Å². The number of pyridine rings is 1. The van der Waals surface area contributed by atoms with Crippen molar-refractivity contribution in [1.82, 2.24) is 19.8 Å². The van der Waals surface area contributed by atoms with Crippen molar-refractivity contribution in [2.75, 3.05) is 25.0 Å². The van der Waals surface area contributed by atoms with Gasteiger partial charge in [0.2, 0.25) is 5.91 Å². The van der Waals surface area contributed by atoms with E-state index in [0.29, 0.717) is 32.0 Å². The number of ether oxygens (including phenoxy) is 1. The van der Waals surface area contributed by atoms with Crippen LogP contribution in [0.5, 0.6) is 0 Å². The quantitative estimate of drug-likeness (QED) is 0.467. The van der Waals surface area contributed by atoms with Crippen LogP contribution in [0.15, 0.2) is 24.4 Å². The molecule has 2 aromatic heterocycles. The molecule has 1 N–H and O–H groups in total. The lowest BCUT2D eigenvalue weighted by molar-refractivity contribution is -0.143. The van der Waals surface area contributed by atoms with Crippen molar-refractivity contribution in [3.8, 4) is 0 Å². The van der Waals surface area contributed by atoms with Gasteiger partial charge in [0, 0.05) is 42.3 Å². The van der Waals surface area contributed by atoms with E-state index < -0.39 is 17.2 Å². The molecular formula is C28H41N5O3S. The molecule has 2 amide bonds.